The van der Waals surface area contributed by atoms with Crippen molar-refractivity contribution in [3.05, 3.63) is 28.8 Å². The first-order valence-electron chi connectivity index (χ1n) is 10.0. The predicted molar refractivity (Wildman–Crippen MR) is 107 cm³/mol. The predicted octanol–water partition coefficient (Wildman–Crippen LogP) is 4.85. The van der Waals surface area contributed by atoms with Crippen molar-refractivity contribution < 1.29 is 24.5 Å². The van der Waals surface area contributed by atoms with Gasteiger partial charge in [-0.05, 0) is 49.5 Å². The van der Waals surface area contributed by atoms with Gasteiger partial charge < -0.3 is 14.9 Å². The van der Waals surface area contributed by atoms with E-state index in [4.69, 9.17) is 4.74 Å². The molecule has 1 aromatic carbocycles. The fourth-order valence-corrected chi connectivity index (χ4v) is 4.86. The number of ether oxygens (including phenoxy) is 1. The average molecular weight is 386 g/mol. The lowest BCUT2D eigenvalue weighted by atomic mass is 9.63. The summed E-state index contributed by atoms with van der Waals surface area (Å²) in [7, 11) is 0. The molecule has 28 heavy (non-hydrogen) atoms. The second-order valence-electron chi connectivity index (χ2n) is 9.13. The Kier molecular flexibility index (Phi) is 5.30. The van der Waals surface area contributed by atoms with Crippen molar-refractivity contribution in [2.24, 2.45) is 23.7 Å². The molecule has 4 atom stereocenters. The van der Waals surface area contributed by atoms with E-state index in [1.165, 1.54) is 0 Å². The molecule has 5 heteroatoms. The number of rotatable bonds is 5. The van der Waals surface area contributed by atoms with Crippen LogP contribution in [0.1, 0.15) is 79.7 Å². The minimum atomic E-state index is -0.642. The number of carbonyl (C=O) groups is 2. The molecular formula is C23H30O5. The Hall–Kier alpha value is -2.30. The third kappa shape index (κ3) is 3.11. The van der Waals surface area contributed by atoms with Crippen molar-refractivity contribution in [1.29, 1.82) is 0 Å². The molecule has 0 spiro atoms. The maximum atomic E-state index is 11.8. The van der Waals surface area contributed by atoms with E-state index in [1.807, 2.05) is 6.92 Å². The summed E-state index contributed by atoms with van der Waals surface area (Å²) in [5.41, 5.74) is -0.468. The third-order valence-corrected chi connectivity index (χ3v) is 6.44. The minimum Gasteiger partial charge on any atom is -0.507 e. The van der Waals surface area contributed by atoms with E-state index in [-0.39, 0.29) is 34.5 Å². The highest BCUT2D eigenvalue weighted by Crippen LogP contribution is 2.58. The van der Waals surface area contributed by atoms with Crippen LogP contribution in [0.3, 0.4) is 0 Å². The van der Waals surface area contributed by atoms with Gasteiger partial charge in [-0.25, -0.2) is 0 Å². The van der Waals surface area contributed by atoms with Crippen molar-refractivity contribution in [2.75, 3.05) is 0 Å². The molecule has 0 unspecified atom stereocenters. The summed E-state index contributed by atoms with van der Waals surface area (Å²) in [4.78, 5) is 23.3. The van der Waals surface area contributed by atoms with E-state index in [0.717, 1.165) is 12.8 Å². The molecule has 0 amide bonds. The molecule has 0 radical (unpaired) electrons. The first-order chi connectivity index (χ1) is 13.1. The molecule has 0 fully saturated rings. The molecule has 152 valence electrons. The Morgan fingerprint density at radius 2 is 1.79 bits per heavy atom. The average Bonchev–Trinajstić information content (AvgIpc) is 2.60. The van der Waals surface area contributed by atoms with Crippen LogP contribution in [0.5, 0.6) is 17.2 Å². The molecule has 2 N–H and O–H groups in total. The zero-order valence-corrected chi connectivity index (χ0v) is 17.2. The summed E-state index contributed by atoms with van der Waals surface area (Å²) in [5, 5.41) is 21.2. The van der Waals surface area contributed by atoms with Crippen molar-refractivity contribution >= 4 is 12.6 Å². The van der Waals surface area contributed by atoms with Gasteiger partial charge >= 0.3 is 0 Å². The number of allylic oxidation sites excluding steroid dienone is 1. The molecule has 3 rings (SSSR count). The molecule has 0 bridgehead atoms. The van der Waals surface area contributed by atoms with Crippen LogP contribution in [0, 0.1) is 23.7 Å². The number of phenolic OH excluding ortho intramolecular Hbond substituents is 2. The van der Waals surface area contributed by atoms with Gasteiger partial charge in [0.15, 0.2) is 12.6 Å². The highest BCUT2D eigenvalue weighted by atomic mass is 16.5. The van der Waals surface area contributed by atoms with Crippen LogP contribution in [0.2, 0.25) is 0 Å². The number of aldehydes is 2. The molecular weight excluding hydrogens is 356 g/mol. The van der Waals surface area contributed by atoms with Gasteiger partial charge in [-0.3, -0.25) is 9.59 Å². The van der Waals surface area contributed by atoms with Gasteiger partial charge in [0.05, 0.1) is 11.1 Å². The highest BCUT2D eigenvalue weighted by molar-refractivity contribution is 5.95. The second kappa shape index (κ2) is 7.26. The summed E-state index contributed by atoms with van der Waals surface area (Å²) in [6.07, 6.45) is 6.83. The highest BCUT2D eigenvalue weighted by Gasteiger charge is 2.50. The van der Waals surface area contributed by atoms with Gasteiger partial charge in [-0.2, -0.15) is 0 Å². The van der Waals surface area contributed by atoms with Crippen LogP contribution in [-0.2, 0) is 0 Å². The van der Waals surface area contributed by atoms with Crippen molar-refractivity contribution in [2.45, 2.75) is 59.0 Å². The molecule has 5 nitrogen and oxygen atoms in total. The molecule has 0 aromatic heterocycles. The van der Waals surface area contributed by atoms with Crippen molar-refractivity contribution in [1.82, 2.24) is 0 Å². The lowest BCUT2D eigenvalue weighted by Gasteiger charge is -2.50. The number of fused-ring (bicyclic) bond motifs is 2. The third-order valence-electron chi connectivity index (χ3n) is 6.44. The van der Waals surface area contributed by atoms with E-state index < -0.39 is 11.4 Å². The Labute approximate surface area is 166 Å². The summed E-state index contributed by atoms with van der Waals surface area (Å²) < 4.78 is 6.29. The summed E-state index contributed by atoms with van der Waals surface area (Å²) in [6, 6.07) is 0. The summed E-state index contributed by atoms with van der Waals surface area (Å²) in [5.74, 6) is 0.638. The van der Waals surface area contributed by atoms with Gasteiger partial charge in [-0.1, -0.05) is 33.8 Å². The van der Waals surface area contributed by atoms with Gasteiger partial charge in [0, 0.05) is 11.5 Å². The Bertz CT molecular complexity index is 823. The number of phenols is 2. The van der Waals surface area contributed by atoms with E-state index in [9.17, 15) is 19.8 Å². The molecule has 0 saturated heterocycles. The van der Waals surface area contributed by atoms with Crippen molar-refractivity contribution in [3.8, 4) is 17.2 Å². The van der Waals surface area contributed by atoms with Gasteiger partial charge in [0.2, 0.25) is 0 Å². The quantitative estimate of drug-likeness (QED) is 0.558. The zero-order valence-electron chi connectivity index (χ0n) is 17.2. The number of aromatic hydroxyl groups is 2. The first kappa shape index (κ1) is 20.4. The van der Waals surface area contributed by atoms with Crippen LogP contribution >= 0.6 is 0 Å². The van der Waals surface area contributed by atoms with E-state index in [1.54, 1.807) is 0 Å². The topological polar surface area (TPSA) is 83.8 Å². The van der Waals surface area contributed by atoms with E-state index >= 15 is 0 Å². The zero-order chi connectivity index (χ0) is 20.8. The monoisotopic (exact) mass is 386 g/mol. The number of carbonyl (C=O) groups excluding carboxylic acids is 2. The van der Waals surface area contributed by atoms with Crippen molar-refractivity contribution in [3.63, 3.8) is 0 Å². The van der Waals surface area contributed by atoms with E-state index in [0.29, 0.717) is 35.9 Å². The smallest absolute Gasteiger partial charge is 0.157 e. The lowest BCUT2D eigenvalue weighted by Crippen LogP contribution is -2.49. The molecule has 1 heterocycles. The van der Waals surface area contributed by atoms with E-state index in [2.05, 4.69) is 39.8 Å². The molecule has 0 saturated carbocycles. The summed E-state index contributed by atoms with van der Waals surface area (Å²) >= 11 is 0. The largest absolute Gasteiger partial charge is 0.507 e. The number of benzene rings is 1. The Morgan fingerprint density at radius 3 is 2.32 bits per heavy atom. The summed E-state index contributed by atoms with van der Waals surface area (Å²) in [6.45, 7) is 10.6. The number of hydrogen-bond acceptors (Lipinski definition) is 5. The first-order valence-corrected chi connectivity index (χ1v) is 10.0. The minimum absolute atomic E-state index is 0.0669. The van der Waals surface area contributed by atoms with Crippen LogP contribution in [-0.4, -0.2) is 28.4 Å². The molecule has 2 aliphatic rings. The SMILES string of the molecule is CC(C)C[C@H]1c2c(O)c(C=O)c(O)c(C=O)c2O[C@]2(C)C=C[C@H](C(C)C)C[C@H]12. The molecule has 1 aromatic rings. The van der Waals surface area contributed by atoms with Gasteiger partial charge in [0.25, 0.3) is 0 Å². The van der Waals surface area contributed by atoms with Crippen LogP contribution in [0.15, 0.2) is 12.2 Å². The van der Waals surface area contributed by atoms with Crippen LogP contribution in [0.25, 0.3) is 0 Å². The van der Waals surface area contributed by atoms with Crippen LogP contribution in [0.4, 0.5) is 0 Å². The number of hydrogen-bond donors (Lipinski definition) is 2. The van der Waals surface area contributed by atoms with Gasteiger partial charge in [0.1, 0.15) is 22.8 Å². The fraction of sp³-hybridized carbons (Fsp3) is 0.565. The maximum absolute atomic E-state index is 11.8. The standard InChI is InChI=1S/C23H30O5/c1-12(2)8-15-18-9-14(13(3)4)6-7-23(18,5)28-22-17(11-25)20(26)16(10-24)21(27)19(15)22/h6-7,10-15,18,26-27H,8-9H2,1-5H3/t14-,15+,18+,23+/m0/s1. The maximum Gasteiger partial charge on any atom is 0.157 e. The van der Waals surface area contributed by atoms with Gasteiger partial charge in [-0.15, -0.1) is 0 Å². The molecule has 1 aliphatic carbocycles. The Balaban J connectivity index is 2.28. The Morgan fingerprint density at radius 1 is 1.14 bits per heavy atom. The lowest BCUT2D eigenvalue weighted by molar-refractivity contribution is 0.00795. The fourth-order valence-electron chi connectivity index (χ4n) is 4.86. The second-order valence-corrected chi connectivity index (χ2v) is 9.13. The normalized spacial score (nSPS) is 28.6. The van der Waals surface area contributed by atoms with Crippen LogP contribution < -0.4 is 4.74 Å². The molecule has 1 aliphatic heterocycles.